The first-order chi connectivity index (χ1) is 13.4. The Hall–Kier alpha value is -2.43. The van der Waals surface area contributed by atoms with Gasteiger partial charge >= 0.3 is 0 Å². The fourth-order valence-corrected chi connectivity index (χ4v) is 5.13. The Morgan fingerprint density at radius 2 is 1.71 bits per heavy atom. The number of fused-ring (bicyclic) bond motifs is 2. The summed E-state index contributed by atoms with van der Waals surface area (Å²) < 4.78 is 0. The second-order valence-corrected chi connectivity index (χ2v) is 8.85. The number of nitrogens with zero attached hydrogens (tertiary/aromatic N) is 1. The molecule has 0 aliphatic heterocycles. The van der Waals surface area contributed by atoms with Gasteiger partial charge in [0.15, 0.2) is 0 Å². The van der Waals surface area contributed by atoms with Crippen LogP contribution in [0, 0.1) is 6.92 Å². The first-order valence-corrected chi connectivity index (χ1v) is 10.3. The Morgan fingerprint density at radius 3 is 2.39 bits per heavy atom. The van der Waals surface area contributed by atoms with Gasteiger partial charge < -0.3 is 10.6 Å². The molecule has 2 fully saturated rings. The van der Waals surface area contributed by atoms with Crippen molar-refractivity contribution >= 4 is 11.8 Å². The summed E-state index contributed by atoms with van der Waals surface area (Å²) in [5, 5.41) is 6.61. The Morgan fingerprint density at radius 1 is 1.00 bits per heavy atom. The number of pyridine rings is 1. The minimum absolute atomic E-state index is 0.0310. The molecule has 2 atom stereocenters. The highest BCUT2D eigenvalue weighted by atomic mass is 16.2. The van der Waals surface area contributed by atoms with Gasteiger partial charge in [0.2, 0.25) is 0 Å². The van der Waals surface area contributed by atoms with E-state index in [4.69, 9.17) is 0 Å². The van der Waals surface area contributed by atoms with Gasteiger partial charge in [-0.05, 0) is 77.3 Å². The van der Waals surface area contributed by atoms with Gasteiger partial charge in [-0.15, -0.1) is 0 Å². The fourth-order valence-electron chi connectivity index (χ4n) is 5.13. The molecule has 148 valence electrons. The highest BCUT2D eigenvalue weighted by Gasteiger charge is 2.52. The van der Waals surface area contributed by atoms with E-state index in [1.54, 1.807) is 6.07 Å². The summed E-state index contributed by atoms with van der Waals surface area (Å²) in [6.07, 6.45) is 11.6. The first kappa shape index (κ1) is 18.9. The number of carbonyl (C=O) groups is 2. The van der Waals surface area contributed by atoms with Crippen LogP contribution in [0.5, 0.6) is 0 Å². The third-order valence-corrected chi connectivity index (χ3v) is 6.51. The van der Waals surface area contributed by atoms with Crippen molar-refractivity contribution in [3.63, 3.8) is 0 Å². The van der Waals surface area contributed by atoms with Gasteiger partial charge in [-0.25, -0.2) is 4.98 Å². The van der Waals surface area contributed by atoms with Gasteiger partial charge in [0.1, 0.15) is 5.69 Å². The summed E-state index contributed by atoms with van der Waals surface area (Å²) in [4.78, 5) is 30.0. The molecule has 5 heteroatoms. The fraction of sp³-hybridized carbons (Fsp3) is 0.522. The van der Waals surface area contributed by atoms with E-state index in [1.807, 2.05) is 31.2 Å². The molecule has 1 aromatic rings. The average molecular weight is 380 g/mol. The van der Waals surface area contributed by atoms with Crippen LogP contribution in [0.4, 0.5) is 0 Å². The number of aryl methyl sites for hydroxylation is 1. The molecule has 2 saturated carbocycles. The zero-order valence-corrected chi connectivity index (χ0v) is 16.8. The van der Waals surface area contributed by atoms with Crippen LogP contribution in [-0.4, -0.2) is 27.9 Å². The largest absolute Gasteiger partial charge is 0.347 e. The molecule has 1 heterocycles. The zero-order valence-electron chi connectivity index (χ0n) is 16.8. The minimum atomic E-state index is -0.235. The molecule has 5 nitrogen and oxygen atoms in total. The third kappa shape index (κ3) is 3.75. The molecule has 0 spiro atoms. The minimum Gasteiger partial charge on any atom is -0.347 e. The van der Waals surface area contributed by atoms with Gasteiger partial charge in [-0.3, -0.25) is 9.59 Å². The summed E-state index contributed by atoms with van der Waals surface area (Å²) in [5.41, 5.74) is 2.91. The van der Waals surface area contributed by atoms with E-state index in [0.717, 1.165) is 62.6 Å². The second-order valence-electron chi connectivity index (χ2n) is 8.85. The van der Waals surface area contributed by atoms with Crippen LogP contribution in [0.15, 0.2) is 41.5 Å². The smallest absolute Gasteiger partial charge is 0.270 e. The molecule has 2 amide bonds. The maximum absolute atomic E-state index is 12.9. The summed E-state index contributed by atoms with van der Waals surface area (Å²) in [6.45, 7) is 3.97. The molecule has 4 rings (SSSR count). The molecule has 28 heavy (non-hydrogen) atoms. The standard InChI is InChI=1S/C23H29N3O2/c1-16-6-3-8-18(14-16)20(27)25-22-10-5-11-23(15-22,13-12-22)26-21(28)19-9-4-7-17(2)24-19/h4,7-9,14H,3,5-6,10-13,15H2,1-2H3,(H,25,27)(H,26,28). The first-order valence-electron chi connectivity index (χ1n) is 10.3. The van der Waals surface area contributed by atoms with Gasteiger partial charge in [0, 0.05) is 22.3 Å². The predicted molar refractivity (Wildman–Crippen MR) is 109 cm³/mol. The molecule has 0 saturated heterocycles. The maximum atomic E-state index is 12.9. The van der Waals surface area contributed by atoms with Crippen LogP contribution in [-0.2, 0) is 4.79 Å². The SMILES string of the molecule is CC1=CC(C(=O)NC23CCCC(NC(=O)c4cccc(C)n4)(CC2)C3)=CCC1. The van der Waals surface area contributed by atoms with E-state index in [0.29, 0.717) is 5.69 Å². The number of amides is 2. The lowest BCUT2D eigenvalue weighted by Crippen LogP contribution is -2.55. The van der Waals surface area contributed by atoms with Crippen molar-refractivity contribution in [2.24, 2.45) is 0 Å². The van der Waals surface area contributed by atoms with Crippen molar-refractivity contribution in [1.82, 2.24) is 15.6 Å². The van der Waals surface area contributed by atoms with Crippen LogP contribution in [0.3, 0.4) is 0 Å². The Labute approximate surface area is 166 Å². The molecule has 3 aliphatic rings. The van der Waals surface area contributed by atoms with Crippen molar-refractivity contribution in [3.8, 4) is 0 Å². The van der Waals surface area contributed by atoms with Gasteiger partial charge in [-0.1, -0.05) is 23.8 Å². The van der Waals surface area contributed by atoms with Crippen LogP contribution >= 0.6 is 0 Å². The van der Waals surface area contributed by atoms with Gasteiger partial charge in [-0.2, -0.15) is 0 Å². The number of rotatable bonds is 4. The molecule has 2 N–H and O–H groups in total. The highest BCUT2D eigenvalue weighted by molar-refractivity contribution is 5.97. The van der Waals surface area contributed by atoms with Gasteiger partial charge in [0.25, 0.3) is 11.8 Å². The molecular formula is C23H29N3O2. The molecule has 2 unspecified atom stereocenters. The molecule has 2 bridgehead atoms. The third-order valence-electron chi connectivity index (χ3n) is 6.51. The van der Waals surface area contributed by atoms with Crippen LogP contribution in [0.25, 0.3) is 0 Å². The lowest BCUT2D eigenvalue weighted by Gasteiger charge is -2.40. The second kappa shape index (κ2) is 7.19. The number of hydrogen-bond donors (Lipinski definition) is 2. The number of nitrogens with one attached hydrogen (secondary N) is 2. The lowest BCUT2D eigenvalue weighted by atomic mass is 9.78. The van der Waals surface area contributed by atoms with Crippen molar-refractivity contribution in [2.75, 3.05) is 0 Å². The van der Waals surface area contributed by atoms with Crippen LogP contribution in [0.1, 0.15) is 74.5 Å². The molecule has 1 aromatic heterocycles. The van der Waals surface area contributed by atoms with E-state index < -0.39 is 0 Å². The Bertz CT molecular complexity index is 872. The number of carbonyl (C=O) groups excluding carboxylic acids is 2. The highest BCUT2D eigenvalue weighted by Crippen LogP contribution is 2.48. The number of allylic oxidation sites excluding steroid dienone is 2. The lowest BCUT2D eigenvalue weighted by molar-refractivity contribution is -0.119. The zero-order chi connectivity index (χ0) is 19.8. The summed E-state index contributed by atoms with van der Waals surface area (Å²) in [6, 6.07) is 5.51. The van der Waals surface area contributed by atoms with E-state index in [9.17, 15) is 9.59 Å². The predicted octanol–water partition coefficient (Wildman–Crippen LogP) is 3.75. The summed E-state index contributed by atoms with van der Waals surface area (Å²) in [7, 11) is 0. The number of hydrogen-bond acceptors (Lipinski definition) is 3. The summed E-state index contributed by atoms with van der Waals surface area (Å²) >= 11 is 0. The van der Waals surface area contributed by atoms with Crippen molar-refractivity contribution < 1.29 is 9.59 Å². The molecule has 0 aromatic carbocycles. The summed E-state index contributed by atoms with van der Waals surface area (Å²) in [5.74, 6) is -0.0790. The Balaban J connectivity index is 1.46. The van der Waals surface area contributed by atoms with Gasteiger partial charge in [0.05, 0.1) is 0 Å². The average Bonchev–Trinajstić information content (AvgIpc) is 2.91. The van der Waals surface area contributed by atoms with E-state index in [1.165, 1.54) is 5.57 Å². The topological polar surface area (TPSA) is 71.1 Å². The van der Waals surface area contributed by atoms with Crippen molar-refractivity contribution in [3.05, 3.63) is 52.9 Å². The van der Waals surface area contributed by atoms with Crippen LogP contribution in [0.2, 0.25) is 0 Å². The maximum Gasteiger partial charge on any atom is 0.270 e. The normalized spacial score (nSPS) is 28.9. The Kier molecular flexibility index (Phi) is 4.86. The van der Waals surface area contributed by atoms with E-state index >= 15 is 0 Å². The van der Waals surface area contributed by atoms with Crippen molar-refractivity contribution in [1.29, 1.82) is 0 Å². The van der Waals surface area contributed by atoms with Crippen molar-refractivity contribution in [2.45, 2.75) is 76.3 Å². The monoisotopic (exact) mass is 379 g/mol. The van der Waals surface area contributed by atoms with E-state index in [-0.39, 0.29) is 22.9 Å². The van der Waals surface area contributed by atoms with Crippen LogP contribution < -0.4 is 10.6 Å². The molecule has 0 radical (unpaired) electrons. The molecular weight excluding hydrogens is 350 g/mol. The number of aromatic nitrogens is 1. The van der Waals surface area contributed by atoms with E-state index in [2.05, 4.69) is 22.5 Å². The molecule has 3 aliphatic carbocycles. The quantitative estimate of drug-likeness (QED) is 0.837.